The van der Waals surface area contributed by atoms with Gasteiger partial charge in [0.2, 0.25) is 0 Å². The van der Waals surface area contributed by atoms with Crippen LogP contribution in [0.1, 0.15) is 28.4 Å². The standard InChI is InChI=1S/C15H12BrF3O/c1-9-3-2-4-10(7-9)14(20)12-6-5-11(16)8-13(12)15(17,18)19/h2-8,14,20H,1H3. The van der Waals surface area contributed by atoms with Crippen LogP contribution < -0.4 is 0 Å². The number of aryl methyl sites for hydroxylation is 1. The second-order valence-corrected chi connectivity index (χ2v) is 5.46. The molecule has 0 bridgehead atoms. The molecule has 106 valence electrons. The number of hydrogen-bond donors (Lipinski definition) is 1. The first-order valence-electron chi connectivity index (χ1n) is 5.90. The van der Waals surface area contributed by atoms with E-state index < -0.39 is 17.8 Å². The molecule has 1 atom stereocenters. The van der Waals surface area contributed by atoms with Gasteiger partial charge in [-0.25, -0.2) is 0 Å². The van der Waals surface area contributed by atoms with E-state index in [2.05, 4.69) is 15.9 Å². The second-order valence-electron chi connectivity index (χ2n) is 4.55. The van der Waals surface area contributed by atoms with Crippen LogP contribution in [0.5, 0.6) is 0 Å². The van der Waals surface area contributed by atoms with Gasteiger partial charge in [0.1, 0.15) is 6.10 Å². The van der Waals surface area contributed by atoms with Crippen LogP contribution in [0, 0.1) is 6.92 Å². The van der Waals surface area contributed by atoms with Crippen LogP contribution in [0.15, 0.2) is 46.9 Å². The lowest BCUT2D eigenvalue weighted by molar-refractivity contribution is -0.139. The van der Waals surface area contributed by atoms with Crippen molar-refractivity contribution >= 4 is 15.9 Å². The van der Waals surface area contributed by atoms with Crippen molar-refractivity contribution in [2.45, 2.75) is 19.2 Å². The highest BCUT2D eigenvalue weighted by Crippen LogP contribution is 2.38. The fourth-order valence-corrected chi connectivity index (χ4v) is 2.39. The minimum Gasteiger partial charge on any atom is -0.384 e. The molecule has 0 saturated heterocycles. The molecule has 1 N–H and O–H groups in total. The van der Waals surface area contributed by atoms with Gasteiger partial charge in [-0.15, -0.1) is 0 Å². The minimum absolute atomic E-state index is 0.147. The Morgan fingerprint density at radius 2 is 1.80 bits per heavy atom. The van der Waals surface area contributed by atoms with Gasteiger partial charge >= 0.3 is 6.18 Å². The van der Waals surface area contributed by atoms with Gasteiger partial charge < -0.3 is 5.11 Å². The highest BCUT2D eigenvalue weighted by atomic mass is 79.9. The van der Waals surface area contributed by atoms with Crippen LogP contribution >= 0.6 is 15.9 Å². The molecule has 0 aromatic heterocycles. The lowest BCUT2D eigenvalue weighted by Crippen LogP contribution is -2.13. The number of aliphatic hydroxyl groups is 1. The predicted molar refractivity (Wildman–Crippen MR) is 74.4 cm³/mol. The van der Waals surface area contributed by atoms with Gasteiger partial charge in [-0.2, -0.15) is 13.2 Å². The summed E-state index contributed by atoms with van der Waals surface area (Å²) >= 11 is 3.02. The summed E-state index contributed by atoms with van der Waals surface area (Å²) in [4.78, 5) is 0. The van der Waals surface area contributed by atoms with Crippen LogP contribution in [-0.2, 0) is 6.18 Å². The van der Waals surface area contributed by atoms with E-state index >= 15 is 0 Å². The molecule has 20 heavy (non-hydrogen) atoms. The Morgan fingerprint density at radius 3 is 2.40 bits per heavy atom. The minimum atomic E-state index is -4.51. The molecule has 2 rings (SSSR count). The van der Waals surface area contributed by atoms with E-state index in [1.54, 1.807) is 18.2 Å². The highest BCUT2D eigenvalue weighted by molar-refractivity contribution is 9.10. The fraction of sp³-hybridized carbons (Fsp3) is 0.200. The van der Waals surface area contributed by atoms with Gasteiger partial charge in [-0.1, -0.05) is 51.8 Å². The van der Waals surface area contributed by atoms with Crippen LogP contribution in [0.25, 0.3) is 0 Å². The van der Waals surface area contributed by atoms with Crippen LogP contribution in [0.4, 0.5) is 13.2 Å². The number of alkyl halides is 3. The molecular formula is C15H12BrF3O. The van der Waals surface area contributed by atoms with E-state index in [0.717, 1.165) is 11.6 Å². The quantitative estimate of drug-likeness (QED) is 0.824. The molecule has 0 radical (unpaired) electrons. The van der Waals surface area contributed by atoms with Crippen molar-refractivity contribution in [3.63, 3.8) is 0 Å². The first-order chi connectivity index (χ1) is 9.29. The number of benzene rings is 2. The van der Waals surface area contributed by atoms with Crippen molar-refractivity contribution in [2.24, 2.45) is 0 Å². The molecule has 2 aromatic carbocycles. The van der Waals surface area contributed by atoms with Gasteiger partial charge in [0, 0.05) is 4.47 Å². The normalized spacial score (nSPS) is 13.3. The molecule has 0 spiro atoms. The first kappa shape index (κ1) is 15.1. The molecule has 0 saturated carbocycles. The molecule has 0 fully saturated rings. The number of rotatable bonds is 2. The van der Waals surface area contributed by atoms with E-state index in [0.29, 0.717) is 10.0 Å². The van der Waals surface area contributed by atoms with E-state index in [-0.39, 0.29) is 5.56 Å². The maximum atomic E-state index is 13.1. The van der Waals surface area contributed by atoms with Gasteiger partial charge in [0.05, 0.1) is 5.56 Å². The summed E-state index contributed by atoms with van der Waals surface area (Å²) in [5.41, 5.74) is 0.345. The lowest BCUT2D eigenvalue weighted by atomic mass is 9.95. The van der Waals surface area contributed by atoms with Crippen molar-refractivity contribution in [1.29, 1.82) is 0 Å². The zero-order valence-electron chi connectivity index (χ0n) is 10.6. The number of aliphatic hydroxyl groups excluding tert-OH is 1. The van der Waals surface area contributed by atoms with Crippen molar-refractivity contribution < 1.29 is 18.3 Å². The highest BCUT2D eigenvalue weighted by Gasteiger charge is 2.35. The third-order valence-corrected chi connectivity index (χ3v) is 3.47. The summed E-state index contributed by atoms with van der Waals surface area (Å²) in [6.07, 6.45) is -5.82. The zero-order valence-corrected chi connectivity index (χ0v) is 12.2. The molecule has 0 aliphatic carbocycles. The molecule has 0 aliphatic rings. The third-order valence-electron chi connectivity index (χ3n) is 2.97. The summed E-state index contributed by atoms with van der Waals surface area (Å²) in [5.74, 6) is 0. The van der Waals surface area contributed by atoms with E-state index in [1.165, 1.54) is 12.1 Å². The van der Waals surface area contributed by atoms with E-state index in [1.807, 2.05) is 13.0 Å². The Labute approximate surface area is 123 Å². The van der Waals surface area contributed by atoms with Crippen molar-refractivity contribution in [2.75, 3.05) is 0 Å². The predicted octanol–water partition coefficient (Wildman–Crippen LogP) is 4.86. The number of hydrogen-bond acceptors (Lipinski definition) is 1. The SMILES string of the molecule is Cc1cccc(C(O)c2ccc(Br)cc2C(F)(F)F)c1. The molecule has 0 amide bonds. The summed E-state index contributed by atoms with van der Waals surface area (Å²) in [6, 6.07) is 10.6. The van der Waals surface area contributed by atoms with Gasteiger partial charge in [0.15, 0.2) is 0 Å². The summed E-state index contributed by atoms with van der Waals surface area (Å²) < 4.78 is 39.5. The van der Waals surface area contributed by atoms with Crippen LogP contribution in [0.3, 0.4) is 0 Å². The zero-order chi connectivity index (χ0) is 14.9. The second kappa shape index (κ2) is 5.58. The Morgan fingerprint density at radius 1 is 1.10 bits per heavy atom. The van der Waals surface area contributed by atoms with Crippen molar-refractivity contribution in [3.05, 3.63) is 69.2 Å². The summed E-state index contributed by atoms with van der Waals surface area (Å²) in [6.45, 7) is 1.82. The fourth-order valence-electron chi connectivity index (χ4n) is 2.03. The van der Waals surface area contributed by atoms with E-state index in [9.17, 15) is 18.3 Å². The Kier molecular flexibility index (Phi) is 4.20. The lowest BCUT2D eigenvalue weighted by Gasteiger charge is -2.18. The topological polar surface area (TPSA) is 20.2 Å². The third kappa shape index (κ3) is 3.22. The van der Waals surface area contributed by atoms with Crippen LogP contribution in [0.2, 0.25) is 0 Å². The van der Waals surface area contributed by atoms with E-state index in [4.69, 9.17) is 0 Å². The molecule has 1 unspecified atom stereocenters. The molecule has 0 heterocycles. The maximum absolute atomic E-state index is 13.1. The molecule has 2 aromatic rings. The summed E-state index contributed by atoms with van der Waals surface area (Å²) in [7, 11) is 0. The molecule has 5 heteroatoms. The van der Waals surface area contributed by atoms with Crippen molar-refractivity contribution in [1.82, 2.24) is 0 Å². The number of halogens is 4. The Bertz CT molecular complexity index is 623. The Hall–Kier alpha value is -1.33. The summed E-state index contributed by atoms with van der Waals surface area (Å²) in [5, 5.41) is 10.2. The molecule has 0 aliphatic heterocycles. The smallest absolute Gasteiger partial charge is 0.384 e. The largest absolute Gasteiger partial charge is 0.416 e. The van der Waals surface area contributed by atoms with Crippen molar-refractivity contribution in [3.8, 4) is 0 Å². The van der Waals surface area contributed by atoms with Gasteiger partial charge in [-0.3, -0.25) is 0 Å². The average Bonchev–Trinajstić information content (AvgIpc) is 2.37. The maximum Gasteiger partial charge on any atom is 0.416 e. The molecule has 1 nitrogen and oxygen atoms in total. The molecular weight excluding hydrogens is 333 g/mol. The van der Waals surface area contributed by atoms with Gasteiger partial charge in [-0.05, 0) is 30.2 Å². The monoisotopic (exact) mass is 344 g/mol. The van der Waals surface area contributed by atoms with Gasteiger partial charge in [0.25, 0.3) is 0 Å². The van der Waals surface area contributed by atoms with Crippen LogP contribution in [-0.4, -0.2) is 5.11 Å². The Balaban J connectivity index is 2.52. The first-order valence-corrected chi connectivity index (χ1v) is 6.69. The average molecular weight is 345 g/mol.